The highest BCUT2D eigenvalue weighted by Gasteiger charge is 2.26. The Morgan fingerprint density at radius 1 is 1.03 bits per heavy atom. The van der Waals surface area contributed by atoms with Crippen LogP contribution in [0.3, 0.4) is 0 Å². The predicted molar refractivity (Wildman–Crippen MR) is 129 cm³/mol. The number of ether oxygens (including phenoxy) is 3. The Hall–Kier alpha value is -3.81. The Labute approximate surface area is 198 Å². The Kier molecular flexibility index (Phi) is 6.20. The molecular formula is C26H28N4O4. The molecule has 0 spiro atoms. The summed E-state index contributed by atoms with van der Waals surface area (Å²) in [4.78, 5) is 23.7. The second kappa shape index (κ2) is 9.59. The van der Waals surface area contributed by atoms with Gasteiger partial charge >= 0.3 is 0 Å². The summed E-state index contributed by atoms with van der Waals surface area (Å²) in [6, 6.07) is 13.3. The monoisotopic (exact) mass is 460 g/mol. The zero-order valence-corrected chi connectivity index (χ0v) is 19.4. The highest BCUT2D eigenvalue weighted by Crippen LogP contribution is 2.33. The fraction of sp³-hybridized carbons (Fsp3) is 0.346. The number of benzene rings is 2. The molecule has 3 heterocycles. The number of carbonyl (C=O) groups is 1. The summed E-state index contributed by atoms with van der Waals surface area (Å²) in [6.07, 6.45) is 3.01. The van der Waals surface area contributed by atoms with E-state index in [9.17, 15) is 4.79 Å². The van der Waals surface area contributed by atoms with Crippen molar-refractivity contribution in [3.8, 4) is 23.1 Å². The molecule has 2 aliphatic heterocycles. The van der Waals surface area contributed by atoms with E-state index in [1.54, 1.807) is 0 Å². The van der Waals surface area contributed by atoms with Crippen LogP contribution in [0.4, 0.5) is 11.5 Å². The molecule has 0 aliphatic carbocycles. The van der Waals surface area contributed by atoms with Crippen molar-refractivity contribution in [1.82, 2.24) is 9.97 Å². The quantitative estimate of drug-likeness (QED) is 0.599. The predicted octanol–water partition coefficient (Wildman–Crippen LogP) is 4.51. The molecule has 5 rings (SSSR count). The highest BCUT2D eigenvalue weighted by molar-refractivity contribution is 5.93. The number of aryl methyl sites for hydroxylation is 1. The van der Waals surface area contributed by atoms with Gasteiger partial charge < -0.3 is 24.4 Å². The zero-order chi connectivity index (χ0) is 23.5. The molecule has 8 nitrogen and oxygen atoms in total. The van der Waals surface area contributed by atoms with Gasteiger partial charge in [0.2, 0.25) is 11.8 Å². The number of fused-ring (bicyclic) bond motifs is 1. The van der Waals surface area contributed by atoms with Crippen molar-refractivity contribution in [2.75, 3.05) is 36.5 Å². The molecular weight excluding hydrogens is 432 g/mol. The van der Waals surface area contributed by atoms with Gasteiger partial charge in [0.1, 0.15) is 31.1 Å². The summed E-state index contributed by atoms with van der Waals surface area (Å²) in [6.45, 7) is 6.62. The first-order valence-corrected chi connectivity index (χ1v) is 11.6. The molecule has 1 fully saturated rings. The SMILES string of the molecule is Cc1cccc(Oc2cc(N3CCC(C(=O)Nc4ccc5c(c4)OCCO5)CC3)ncn2)c1C. The number of anilines is 2. The van der Waals surface area contributed by atoms with E-state index in [4.69, 9.17) is 14.2 Å². The van der Waals surface area contributed by atoms with E-state index < -0.39 is 0 Å². The molecule has 0 unspecified atom stereocenters. The molecule has 1 amide bonds. The number of nitrogens with zero attached hydrogens (tertiary/aromatic N) is 3. The molecule has 2 aromatic carbocycles. The molecule has 0 radical (unpaired) electrons. The van der Waals surface area contributed by atoms with Gasteiger partial charge in [0.25, 0.3) is 0 Å². The van der Waals surface area contributed by atoms with Crippen molar-refractivity contribution in [2.24, 2.45) is 5.92 Å². The number of nitrogens with one attached hydrogen (secondary N) is 1. The zero-order valence-electron chi connectivity index (χ0n) is 19.4. The molecule has 1 N–H and O–H groups in total. The first-order valence-electron chi connectivity index (χ1n) is 11.6. The van der Waals surface area contributed by atoms with Crippen LogP contribution in [-0.2, 0) is 4.79 Å². The fourth-order valence-electron chi connectivity index (χ4n) is 4.24. The number of carbonyl (C=O) groups excluding carboxylic acids is 1. The van der Waals surface area contributed by atoms with Crippen molar-refractivity contribution in [3.63, 3.8) is 0 Å². The lowest BCUT2D eigenvalue weighted by Gasteiger charge is -2.32. The van der Waals surface area contributed by atoms with Gasteiger partial charge in [-0.1, -0.05) is 12.1 Å². The highest BCUT2D eigenvalue weighted by atomic mass is 16.6. The van der Waals surface area contributed by atoms with Crippen LogP contribution >= 0.6 is 0 Å². The Morgan fingerprint density at radius 2 is 1.82 bits per heavy atom. The average molecular weight is 461 g/mol. The largest absolute Gasteiger partial charge is 0.486 e. The molecule has 0 saturated carbocycles. The maximum Gasteiger partial charge on any atom is 0.227 e. The van der Waals surface area contributed by atoms with Crippen LogP contribution in [-0.4, -0.2) is 42.2 Å². The van der Waals surface area contributed by atoms with Gasteiger partial charge in [0.15, 0.2) is 11.5 Å². The number of aromatic nitrogens is 2. The lowest BCUT2D eigenvalue weighted by molar-refractivity contribution is -0.120. The Balaban J connectivity index is 1.18. The summed E-state index contributed by atoms with van der Waals surface area (Å²) in [5.74, 6) is 3.46. The number of piperidine rings is 1. The Bertz CT molecular complexity index is 1190. The third kappa shape index (κ3) is 4.76. The molecule has 0 bridgehead atoms. The van der Waals surface area contributed by atoms with E-state index in [2.05, 4.69) is 33.2 Å². The summed E-state index contributed by atoms with van der Waals surface area (Å²) in [5, 5.41) is 3.02. The summed E-state index contributed by atoms with van der Waals surface area (Å²) in [7, 11) is 0. The Morgan fingerprint density at radius 3 is 2.65 bits per heavy atom. The molecule has 1 saturated heterocycles. The van der Waals surface area contributed by atoms with Crippen LogP contribution in [0.2, 0.25) is 0 Å². The van der Waals surface area contributed by atoms with Gasteiger partial charge in [-0.25, -0.2) is 9.97 Å². The molecule has 3 aromatic rings. The average Bonchev–Trinajstić information content (AvgIpc) is 2.87. The standard InChI is InChI=1S/C26H28N4O4/c1-17-4-3-5-21(18(17)2)34-25-15-24(27-16-28-25)30-10-8-19(9-11-30)26(31)29-20-6-7-22-23(14-20)33-13-12-32-22/h3-7,14-16,19H,8-13H2,1-2H3,(H,29,31). The van der Waals surface area contributed by atoms with Crippen LogP contribution < -0.4 is 24.4 Å². The third-order valence-electron chi connectivity index (χ3n) is 6.40. The molecule has 34 heavy (non-hydrogen) atoms. The maximum atomic E-state index is 12.8. The van der Waals surface area contributed by atoms with Crippen molar-refractivity contribution in [2.45, 2.75) is 26.7 Å². The minimum Gasteiger partial charge on any atom is -0.486 e. The van der Waals surface area contributed by atoms with Crippen molar-refractivity contribution in [1.29, 1.82) is 0 Å². The molecule has 176 valence electrons. The van der Waals surface area contributed by atoms with Crippen LogP contribution in [0.5, 0.6) is 23.1 Å². The second-order valence-electron chi connectivity index (χ2n) is 8.62. The van der Waals surface area contributed by atoms with E-state index >= 15 is 0 Å². The van der Waals surface area contributed by atoms with Crippen LogP contribution in [0.15, 0.2) is 48.8 Å². The molecule has 1 aromatic heterocycles. The summed E-state index contributed by atoms with van der Waals surface area (Å²) < 4.78 is 17.2. The summed E-state index contributed by atoms with van der Waals surface area (Å²) >= 11 is 0. The van der Waals surface area contributed by atoms with E-state index in [1.807, 2.05) is 43.3 Å². The van der Waals surface area contributed by atoms with Crippen molar-refractivity contribution in [3.05, 3.63) is 59.9 Å². The lowest BCUT2D eigenvalue weighted by Crippen LogP contribution is -2.38. The topological polar surface area (TPSA) is 85.8 Å². The van der Waals surface area contributed by atoms with Gasteiger partial charge in [-0.3, -0.25) is 4.79 Å². The molecule has 0 atom stereocenters. The van der Waals surface area contributed by atoms with Crippen molar-refractivity contribution >= 4 is 17.4 Å². The van der Waals surface area contributed by atoms with Gasteiger partial charge in [0.05, 0.1) is 0 Å². The van der Waals surface area contributed by atoms with Gasteiger partial charge in [-0.15, -0.1) is 0 Å². The molecule has 2 aliphatic rings. The van der Waals surface area contributed by atoms with Crippen LogP contribution in [0.25, 0.3) is 0 Å². The van der Waals surface area contributed by atoms with Crippen molar-refractivity contribution < 1.29 is 19.0 Å². The van der Waals surface area contributed by atoms with E-state index in [0.717, 1.165) is 48.7 Å². The number of amides is 1. The minimum atomic E-state index is -0.0584. The number of hydrogen-bond acceptors (Lipinski definition) is 7. The fourth-order valence-corrected chi connectivity index (χ4v) is 4.24. The molecule has 8 heteroatoms. The van der Waals surface area contributed by atoms with E-state index in [1.165, 1.54) is 11.9 Å². The summed E-state index contributed by atoms with van der Waals surface area (Å²) in [5.41, 5.74) is 2.98. The van der Waals surface area contributed by atoms with Gasteiger partial charge in [0, 0.05) is 36.8 Å². The maximum absolute atomic E-state index is 12.8. The van der Waals surface area contributed by atoms with Crippen LogP contribution in [0, 0.1) is 19.8 Å². The number of hydrogen-bond donors (Lipinski definition) is 1. The first kappa shape index (κ1) is 22.0. The van der Waals surface area contributed by atoms with E-state index in [0.29, 0.717) is 30.6 Å². The smallest absolute Gasteiger partial charge is 0.227 e. The second-order valence-corrected chi connectivity index (χ2v) is 8.62. The van der Waals surface area contributed by atoms with Gasteiger partial charge in [-0.2, -0.15) is 0 Å². The van der Waals surface area contributed by atoms with Gasteiger partial charge in [-0.05, 0) is 56.0 Å². The first-order chi connectivity index (χ1) is 16.6. The van der Waals surface area contributed by atoms with E-state index in [-0.39, 0.29) is 11.8 Å². The third-order valence-corrected chi connectivity index (χ3v) is 6.40. The number of rotatable bonds is 5. The minimum absolute atomic E-state index is 0.0259. The van der Waals surface area contributed by atoms with Crippen LogP contribution in [0.1, 0.15) is 24.0 Å². The lowest BCUT2D eigenvalue weighted by atomic mass is 9.96. The normalized spacial score (nSPS) is 15.6.